The molecule has 2 aromatic carbocycles. The van der Waals surface area contributed by atoms with Crippen LogP contribution < -0.4 is 21.3 Å². The van der Waals surface area contributed by atoms with Crippen LogP contribution in [0.25, 0.3) is 0 Å². The highest BCUT2D eigenvalue weighted by atomic mass is 32.1. The van der Waals surface area contributed by atoms with Gasteiger partial charge in [0.05, 0.1) is 0 Å². The summed E-state index contributed by atoms with van der Waals surface area (Å²) in [6.45, 7) is 0.494. The van der Waals surface area contributed by atoms with Crippen molar-refractivity contribution in [3.63, 3.8) is 0 Å². The number of hydrazine groups is 1. The molecule has 2 aromatic rings. The van der Waals surface area contributed by atoms with Crippen LogP contribution in [0.1, 0.15) is 5.56 Å². The molecule has 0 aliphatic carbocycles. The van der Waals surface area contributed by atoms with Crippen molar-refractivity contribution in [2.45, 2.75) is 6.61 Å². The number of carbonyl (C=O) groups is 1. The van der Waals surface area contributed by atoms with Gasteiger partial charge in [0.15, 0.2) is 4.99 Å². The number of ether oxygens (including phenoxy) is 1. The van der Waals surface area contributed by atoms with Crippen LogP contribution in [0.5, 0.6) is 5.75 Å². The molecule has 0 fully saturated rings. The van der Waals surface area contributed by atoms with Gasteiger partial charge in [0, 0.05) is 5.69 Å². The number of benzene rings is 2. The Balaban J connectivity index is 1.90. The SMILES string of the molecule is NNC(=S)C(=O)Nc1ccc(OCc2ccccc2)cc1. The molecule has 0 atom stereocenters. The summed E-state index contributed by atoms with van der Waals surface area (Å²) in [5, 5.41) is 2.62. The molecule has 0 unspecified atom stereocenters. The van der Waals surface area contributed by atoms with Crippen molar-refractivity contribution in [1.29, 1.82) is 0 Å². The molecule has 0 bridgehead atoms. The lowest BCUT2D eigenvalue weighted by atomic mass is 10.2. The number of nitrogens with one attached hydrogen (secondary N) is 2. The lowest BCUT2D eigenvalue weighted by Crippen LogP contribution is -2.38. The lowest BCUT2D eigenvalue weighted by molar-refractivity contribution is -0.110. The fraction of sp³-hybridized carbons (Fsp3) is 0.0667. The Morgan fingerprint density at radius 2 is 1.76 bits per heavy atom. The van der Waals surface area contributed by atoms with E-state index in [9.17, 15) is 4.79 Å². The third-order valence-electron chi connectivity index (χ3n) is 2.70. The monoisotopic (exact) mass is 301 g/mol. The molecule has 0 heterocycles. The number of thiocarbonyl (C=S) groups is 1. The van der Waals surface area contributed by atoms with Crippen LogP contribution >= 0.6 is 12.2 Å². The van der Waals surface area contributed by atoms with E-state index >= 15 is 0 Å². The summed E-state index contributed by atoms with van der Waals surface area (Å²) < 4.78 is 5.65. The van der Waals surface area contributed by atoms with E-state index in [-0.39, 0.29) is 4.99 Å². The molecular formula is C15H15N3O2S. The molecule has 0 radical (unpaired) electrons. The topological polar surface area (TPSA) is 76.4 Å². The van der Waals surface area contributed by atoms with E-state index in [0.717, 1.165) is 11.3 Å². The minimum Gasteiger partial charge on any atom is -0.489 e. The third-order valence-corrected chi connectivity index (χ3v) is 3.00. The Morgan fingerprint density at radius 1 is 1.10 bits per heavy atom. The molecule has 108 valence electrons. The number of amides is 1. The van der Waals surface area contributed by atoms with Gasteiger partial charge in [-0.2, -0.15) is 0 Å². The molecule has 2 rings (SSSR count). The number of anilines is 1. The molecule has 0 aliphatic heterocycles. The Kier molecular flexibility index (Phi) is 5.25. The average Bonchev–Trinajstić information content (AvgIpc) is 2.54. The van der Waals surface area contributed by atoms with Gasteiger partial charge in [-0.25, -0.2) is 5.84 Å². The predicted molar refractivity (Wildman–Crippen MR) is 85.8 cm³/mol. The molecule has 21 heavy (non-hydrogen) atoms. The first-order chi connectivity index (χ1) is 10.2. The van der Waals surface area contributed by atoms with Crippen LogP contribution in [-0.4, -0.2) is 10.9 Å². The molecule has 6 heteroatoms. The van der Waals surface area contributed by atoms with E-state index in [4.69, 9.17) is 22.8 Å². The second kappa shape index (κ2) is 7.37. The quantitative estimate of drug-likeness (QED) is 0.457. The van der Waals surface area contributed by atoms with Crippen LogP contribution in [0.3, 0.4) is 0 Å². The van der Waals surface area contributed by atoms with Crippen molar-refractivity contribution in [2.24, 2.45) is 5.84 Å². The van der Waals surface area contributed by atoms with Crippen LogP contribution in [0.2, 0.25) is 0 Å². The Morgan fingerprint density at radius 3 is 2.38 bits per heavy atom. The van der Waals surface area contributed by atoms with Crippen molar-refractivity contribution < 1.29 is 9.53 Å². The number of hydrogen-bond acceptors (Lipinski definition) is 4. The standard InChI is InChI=1S/C15H15N3O2S/c16-18-15(21)14(19)17-12-6-8-13(9-7-12)20-10-11-4-2-1-3-5-11/h1-9H,10,16H2,(H,17,19)(H,18,21). The maximum absolute atomic E-state index is 11.5. The fourth-order valence-electron chi connectivity index (χ4n) is 1.63. The first kappa shape index (κ1) is 15.0. The smallest absolute Gasteiger partial charge is 0.284 e. The molecule has 0 aliphatic rings. The van der Waals surface area contributed by atoms with Crippen LogP contribution in [0, 0.1) is 0 Å². The summed E-state index contributed by atoms with van der Waals surface area (Å²) in [5.74, 6) is 5.34. The molecule has 0 spiro atoms. The van der Waals surface area contributed by atoms with Gasteiger partial charge in [-0.1, -0.05) is 42.5 Å². The molecular weight excluding hydrogens is 286 g/mol. The van der Waals surface area contributed by atoms with E-state index in [0.29, 0.717) is 12.3 Å². The molecule has 1 amide bonds. The van der Waals surface area contributed by atoms with Crippen molar-refractivity contribution in [1.82, 2.24) is 5.43 Å². The van der Waals surface area contributed by atoms with Crippen molar-refractivity contribution >= 4 is 28.8 Å². The second-order valence-electron chi connectivity index (χ2n) is 4.23. The van der Waals surface area contributed by atoms with Gasteiger partial charge in [-0.3, -0.25) is 4.79 Å². The van der Waals surface area contributed by atoms with Crippen LogP contribution in [-0.2, 0) is 11.4 Å². The van der Waals surface area contributed by atoms with Crippen molar-refractivity contribution in [2.75, 3.05) is 5.32 Å². The summed E-state index contributed by atoms with van der Waals surface area (Å²) in [7, 11) is 0. The number of carbonyl (C=O) groups excluding carboxylic acids is 1. The largest absolute Gasteiger partial charge is 0.489 e. The third kappa shape index (κ3) is 4.55. The first-order valence-corrected chi connectivity index (χ1v) is 6.68. The van der Waals surface area contributed by atoms with E-state index in [1.165, 1.54) is 0 Å². The molecule has 0 saturated carbocycles. The van der Waals surface area contributed by atoms with E-state index in [1.54, 1.807) is 24.3 Å². The second-order valence-corrected chi connectivity index (χ2v) is 4.63. The maximum Gasteiger partial charge on any atom is 0.284 e. The minimum absolute atomic E-state index is 0.0700. The summed E-state index contributed by atoms with van der Waals surface area (Å²) in [4.78, 5) is 11.4. The van der Waals surface area contributed by atoms with Gasteiger partial charge in [0.2, 0.25) is 0 Å². The zero-order chi connectivity index (χ0) is 15.1. The molecule has 4 N–H and O–H groups in total. The number of hydrogen-bond donors (Lipinski definition) is 3. The van der Waals surface area contributed by atoms with Gasteiger partial charge >= 0.3 is 0 Å². The van der Waals surface area contributed by atoms with E-state index in [1.807, 2.05) is 30.3 Å². The van der Waals surface area contributed by atoms with E-state index < -0.39 is 5.91 Å². The summed E-state index contributed by atoms with van der Waals surface area (Å²) in [6, 6.07) is 16.9. The van der Waals surface area contributed by atoms with Gasteiger partial charge in [-0.15, -0.1) is 0 Å². The zero-order valence-electron chi connectivity index (χ0n) is 11.2. The minimum atomic E-state index is -0.453. The average molecular weight is 301 g/mol. The number of rotatable bonds is 4. The summed E-state index contributed by atoms with van der Waals surface area (Å²) in [5.41, 5.74) is 3.84. The molecule has 0 saturated heterocycles. The van der Waals surface area contributed by atoms with Gasteiger partial charge in [-0.05, 0) is 29.8 Å². The Hall–Kier alpha value is -2.44. The highest BCUT2D eigenvalue weighted by Gasteiger charge is 2.07. The van der Waals surface area contributed by atoms with Gasteiger partial charge in [0.25, 0.3) is 5.91 Å². The Bertz CT molecular complexity index is 615. The predicted octanol–water partition coefficient (Wildman–Crippen LogP) is 1.99. The Labute approximate surface area is 128 Å². The lowest BCUT2D eigenvalue weighted by Gasteiger charge is -2.08. The molecule has 5 nitrogen and oxygen atoms in total. The molecule has 0 aromatic heterocycles. The maximum atomic E-state index is 11.5. The summed E-state index contributed by atoms with van der Waals surface area (Å²) >= 11 is 4.73. The highest BCUT2D eigenvalue weighted by molar-refractivity contribution is 7.82. The van der Waals surface area contributed by atoms with Gasteiger partial charge in [0.1, 0.15) is 12.4 Å². The summed E-state index contributed by atoms with van der Waals surface area (Å²) in [6.07, 6.45) is 0. The van der Waals surface area contributed by atoms with Crippen molar-refractivity contribution in [3.05, 3.63) is 60.2 Å². The number of nitrogens with two attached hydrogens (primary N) is 1. The van der Waals surface area contributed by atoms with E-state index in [2.05, 4.69) is 10.7 Å². The fourth-order valence-corrected chi connectivity index (χ4v) is 1.68. The van der Waals surface area contributed by atoms with Crippen molar-refractivity contribution in [3.8, 4) is 5.75 Å². The van der Waals surface area contributed by atoms with Gasteiger partial charge < -0.3 is 15.5 Å². The van der Waals surface area contributed by atoms with Crippen LogP contribution in [0.4, 0.5) is 5.69 Å². The first-order valence-electron chi connectivity index (χ1n) is 6.28. The zero-order valence-corrected chi connectivity index (χ0v) is 12.0. The highest BCUT2D eigenvalue weighted by Crippen LogP contribution is 2.17. The normalized spacial score (nSPS) is 9.76. The van der Waals surface area contributed by atoms with Crippen LogP contribution in [0.15, 0.2) is 54.6 Å².